The lowest BCUT2D eigenvalue weighted by Gasteiger charge is -2.41. The molecule has 0 radical (unpaired) electrons. The molecule has 2 unspecified atom stereocenters. The summed E-state index contributed by atoms with van der Waals surface area (Å²) in [6.45, 7) is 5.74. The van der Waals surface area contributed by atoms with Crippen LogP contribution in [0.1, 0.15) is 12.8 Å². The number of halogens is 6. The standard InChI is InChI=1S/C10H18N2O.2C2HF3O2/c1-2-8(1)5-12-6-9-3-11-4-10(7-12)13-9;2*3-2(4,5)1(6)7/h8-11H,1-7H2;2*(H,6,7). The molecule has 0 aromatic carbocycles. The van der Waals surface area contributed by atoms with Crippen LogP contribution in [-0.4, -0.2) is 84.3 Å². The maximum Gasteiger partial charge on any atom is 0.490 e. The van der Waals surface area contributed by atoms with Gasteiger partial charge in [-0.05, 0) is 18.8 Å². The van der Waals surface area contributed by atoms with E-state index in [1.54, 1.807) is 0 Å². The summed E-state index contributed by atoms with van der Waals surface area (Å²) in [5.74, 6) is -4.49. The molecule has 1 aliphatic carbocycles. The van der Waals surface area contributed by atoms with Crippen molar-refractivity contribution in [1.82, 2.24) is 10.2 Å². The van der Waals surface area contributed by atoms with E-state index in [-0.39, 0.29) is 0 Å². The van der Waals surface area contributed by atoms with Crippen molar-refractivity contribution < 1.29 is 50.9 Å². The lowest BCUT2D eigenvalue weighted by molar-refractivity contribution is -0.193. The fraction of sp³-hybridized carbons (Fsp3) is 0.857. The second-order valence-electron chi connectivity index (χ2n) is 6.31. The third kappa shape index (κ3) is 9.77. The van der Waals surface area contributed by atoms with Gasteiger partial charge in [0.2, 0.25) is 0 Å². The number of hydrogen-bond donors (Lipinski definition) is 3. The van der Waals surface area contributed by atoms with Crippen LogP contribution in [0, 0.1) is 5.92 Å². The molecule has 13 heteroatoms. The van der Waals surface area contributed by atoms with E-state index in [0.717, 1.165) is 32.1 Å². The zero-order valence-electron chi connectivity index (χ0n) is 14.0. The van der Waals surface area contributed by atoms with E-state index in [0.29, 0.717) is 12.2 Å². The van der Waals surface area contributed by atoms with Crippen LogP contribution in [-0.2, 0) is 14.3 Å². The third-order valence-corrected chi connectivity index (χ3v) is 3.75. The van der Waals surface area contributed by atoms with Crippen LogP contribution in [0.3, 0.4) is 0 Å². The Bertz CT molecular complexity index is 473. The Morgan fingerprint density at radius 1 is 0.926 bits per heavy atom. The van der Waals surface area contributed by atoms with E-state index in [4.69, 9.17) is 24.5 Å². The first-order chi connectivity index (χ1) is 12.3. The Kier molecular flexibility index (Phi) is 8.29. The summed E-state index contributed by atoms with van der Waals surface area (Å²) in [7, 11) is 0. The molecule has 0 aromatic heterocycles. The zero-order chi connectivity index (χ0) is 20.8. The van der Waals surface area contributed by atoms with Gasteiger partial charge in [-0.1, -0.05) is 0 Å². The molecule has 3 N–H and O–H groups in total. The highest BCUT2D eigenvalue weighted by atomic mass is 19.4. The van der Waals surface area contributed by atoms with Gasteiger partial charge in [0.25, 0.3) is 0 Å². The van der Waals surface area contributed by atoms with E-state index in [1.807, 2.05) is 0 Å². The monoisotopic (exact) mass is 410 g/mol. The van der Waals surface area contributed by atoms with Crippen molar-refractivity contribution in [2.75, 3.05) is 32.7 Å². The first kappa shape index (κ1) is 23.4. The second kappa shape index (κ2) is 9.55. The number of morpholine rings is 2. The number of fused-ring (bicyclic) bond motifs is 2. The SMILES string of the molecule is C1CC1CN1CC2CNCC(C1)O2.O=C(O)C(F)(F)F.O=C(O)C(F)(F)F. The fourth-order valence-electron chi connectivity index (χ4n) is 2.45. The summed E-state index contributed by atoms with van der Waals surface area (Å²) in [6.07, 6.45) is -6.31. The van der Waals surface area contributed by atoms with Crippen molar-refractivity contribution in [3.8, 4) is 0 Å². The molecule has 1 saturated carbocycles. The van der Waals surface area contributed by atoms with Gasteiger partial charge in [-0.3, -0.25) is 4.90 Å². The Morgan fingerprint density at radius 2 is 1.30 bits per heavy atom. The molecular formula is C14H20F6N2O5. The van der Waals surface area contributed by atoms with Crippen molar-refractivity contribution >= 4 is 11.9 Å². The lowest BCUT2D eigenvalue weighted by Crippen LogP contribution is -2.58. The number of alkyl halides is 6. The summed E-state index contributed by atoms with van der Waals surface area (Å²) in [4.78, 5) is 20.4. The highest BCUT2D eigenvalue weighted by molar-refractivity contribution is 5.73. The predicted molar refractivity (Wildman–Crippen MR) is 78.1 cm³/mol. The van der Waals surface area contributed by atoms with Crippen LogP contribution in [0.15, 0.2) is 0 Å². The molecular weight excluding hydrogens is 390 g/mol. The number of carboxylic acid groups (broad SMARTS) is 2. The molecule has 0 aromatic rings. The number of carboxylic acids is 2. The molecule has 158 valence electrons. The number of ether oxygens (including phenoxy) is 1. The van der Waals surface area contributed by atoms with Crippen molar-refractivity contribution in [2.45, 2.75) is 37.4 Å². The van der Waals surface area contributed by atoms with Crippen LogP contribution in [0.4, 0.5) is 26.3 Å². The van der Waals surface area contributed by atoms with Crippen LogP contribution in [0.2, 0.25) is 0 Å². The van der Waals surface area contributed by atoms with E-state index in [9.17, 15) is 26.3 Å². The smallest absolute Gasteiger partial charge is 0.475 e. The number of nitrogens with one attached hydrogen (secondary N) is 1. The average molecular weight is 410 g/mol. The first-order valence-corrected chi connectivity index (χ1v) is 7.97. The fourth-order valence-corrected chi connectivity index (χ4v) is 2.45. The second-order valence-corrected chi connectivity index (χ2v) is 6.31. The quantitative estimate of drug-likeness (QED) is 0.591. The summed E-state index contributed by atoms with van der Waals surface area (Å²) >= 11 is 0. The van der Waals surface area contributed by atoms with Gasteiger partial charge in [0.05, 0.1) is 12.2 Å². The summed E-state index contributed by atoms with van der Waals surface area (Å²) in [6, 6.07) is 0. The zero-order valence-corrected chi connectivity index (χ0v) is 14.0. The van der Waals surface area contributed by atoms with Crippen LogP contribution < -0.4 is 5.32 Å². The van der Waals surface area contributed by atoms with E-state index in [2.05, 4.69) is 10.2 Å². The molecule has 2 bridgehead atoms. The van der Waals surface area contributed by atoms with Crippen LogP contribution >= 0.6 is 0 Å². The molecule has 0 amide bonds. The minimum Gasteiger partial charge on any atom is -0.475 e. The Labute approximate surface area is 150 Å². The van der Waals surface area contributed by atoms with E-state index < -0.39 is 24.3 Å². The molecule has 2 aliphatic heterocycles. The van der Waals surface area contributed by atoms with Gasteiger partial charge in [-0.2, -0.15) is 26.3 Å². The van der Waals surface area contributed by atoms with Crippen molar-refractivity contribution in [1.29, 1.82) is 0 Å². The summed E-state index contributed by atoms with van der Waals surface area (Å²) in [5, 5.41) is 17.7. The average Bonchev–Trinajstić information content (AvgIpc) is 3.30. The van der Waals surface area contributed by atoms with Gasteiger partial charge in [-0.15, -0.1) is 0 Å². The normalized spacial score (nSPS) is 25.4. The van der Waals surface area contributed by atoms with Gasteiger partial charge in [0.1, 0.15) is 0 Å². The Hall–Kier alpha value is -1.60. The van der Waals surface area contributed by atoms with Crippen molar-refractivity contribution in [2.24, 2.45) is 5.92 Å². The van der Waals surface area contributed by atoms with Gasteiger partial charge >= 0.3 is 24.3 Å². The molecule has 2 heterocycles. The number of hydrogen-bond acceptors (Lipinski definition) is 5. The Morgan fingerprint density at radius 3 is 1.59 bits per heavy atom. The minimum atomic E-state index is -5.08. The lowest BCUT2D eigenvalue weighted by atomic mass is 10.1. The molecule has 3 rings (SSSR count). The maximum absolute atomic E-state index is 10.6. The van der Waals surface area contributed by atoms with Gasteiger partial charge in [-0.25, -0.2) is 9.59 Å². The third-order valence-electron chi connectivity index (χ3n) is 3.75. The van der Waals surface area contributed by atoms with Gasteiger partial charge in [0, 0.05) is 32.7 Å². The van der Waals surface area contributed by atoms with Gasteiger partial charge in [0.15, 0.2) is 0 Å². The summed E-state index contributed by atoms with van der Waals surface area (Å²) < 4.78 is 69.3. The summed E-state index contributed by atoms with van der Waals surface area (Å²) in [5.41, 5.74) is 0. The highest BCUT2D eigenvalue weighted by Gasteiger charge is 2.39. The largest absolute Gasteiger partial charge is 0.490 e. The molecule has 7 nitrogen and oxygen atoms in total. The molecule has 2 saturated heterocycles. The van der Waals surface area contributed by atoms with E-state index in [1.165, 1.54) is 19.4 Å². The van der Waals surface area contributed by atoms with Crippen LogP contribution in [0.5, 0.6) is 0 Å². The van der Waals surface area contributed by atoms with Crippen molar-refractivity contribution in [3.63, 3.8) is 0 Å². The number of rotatable bonds is 2. The number of aliphatic carboxylic acids is 2. The molecule has 3 fully saturated rings. The maximum atomic E-state index is 10.6. The van der Waals surface area contributed by atoms with Gasteiger partial charge < -0.3 is 20.3 Å². The van der Waals surface area contributed by atoms with Crippen LogP contribution in [0.25, 0.3) is 0 Å². The molecule has 3 aliphatic rings. The highest BCUT2D eigenvalue weighted by Crippen LogP contribution is 2.30. The topological polar surface area (TPSA) is 99.1 Å². The molecule has 2 atom stereocenters. The molecule has 27 heavy (non-hydrogen) atoms. The first-order valence-electron chi connectivity index (χ1n) is 7.97. The minimum absolute atomic E-state index is 0.464. The van der Waals surface area contributed by atoms with Crippen molar-refractivity contribution in [3.05, 3.63) is 0 Å². The number of nitrogens with zero attached hydrogens (tertiary/aromatic N) is 1. The molecule has 0 spiro atoms. The Balaban J connectivity index is 0.000000226. The van der Waals surface area contributed by atoms with E-state index >= 15 is 0 Å². The number of carbonyl (C=O) groups is 2. The predicted octanol–water partition coefficient (Wildman–Crippen LogP) is 1.34.